The number of nitrogens with zero attached hydrogens (tertiary/aromatic N) is 3. The average Bonchev–Trinajstić information content (AvgIpc) is 3.29. The average molecular weight is 362 g/mol. The van der Waals surface area contributed by atoms with Crippen LogP contribution in [0.4, 0.5) is 0 Å². The molecule has 1 unspecified atom stereocenters. The van der Waals surface area contributed by atoms with Crippen molar-refractivity contribution in [2.24, 2.45) is 0 Å². The van der Waals surface area contributed by atoms with Crippen molar-refractivity contribution in [2.45, 2.75) is 51.5 Å². The summed E-state index contributed by atoms with van der Waals surface area (Å²) >= 11 is 1.59. The fraction of sp³-hybridized carbons (Fsp3) is 0.611. The normalized spacial score (nSPS) is 18.4. The highest BCUT2D eigenvalue weighted by Gasteiger charge is 2.17. The zero-order chi connectivity index (χ0) is 17.5. The summed E-state index contributed by atoms with van der Waals surface area (Å²) < 4.78 is 5.21. The maximum absolute atomic E-state index is 12.0. The summed E-state index contributed by atoms with van der Waals surface area (Å²) in [5, 5.41) is 10.9. The number of aromatic nitrogens is 2. The topological polar surface area (TPSA) is 71.3 Å². The van der Waals surface area contributed by atoms with Gasteiger partial charge in [-0.2, -0.15) is 16.3 Å². The summed E-state index contributed by atoms with van der Waals surface area (Å²) in [6.07, 6.45) is 5.80. The summed E-state index contributed by atoms with van der Waals surface area (Å²) in [4.78, 5) is 18.8. The fourth-order valence-corrected chi connectivity index (χ4v) is 3.81. The molecule has 0 spiro atoms. The van der Waals surface area contributed by atoms with Gasteiger partial charge in [-0.25, -0.2) is 0 Å². The van der Waals surface area contributed by atoms with E-state index in [1.807, 2.05) is 16.8 Å². The predicted octanol–water partition coefficient (Wildman–Crippen LogP) is 3.11. The first kappa shape index (κ1) is 18.1. The molecule has 0 saturated carbocycles. The van der Waals surface area contributed by atoms with Gasteiger partial charge in [0.2, 0.25) is 17.6 Å². The van der Waals surface area contributed by atoms with E-state index in [2.05, 4.69) is 27.3 Å². The van der Waals surface area contributed by atoms with Crippen LogP contribution >= 0.6 is 11.3 Å². The van der Waals surface area contributed by atoms with Crippen molar-refractivity contribution in [3.8, 4) is 11.4 Å². The van der Waals surface area contributed by atoms with Crippen LogP contribution in [0.25, 0.3) is 11.4 Å². The SMILES string of the molecule is CC1CCCCN1CCCNC(=O)CCc1nc(-c2ccsc2)no1. The molecule has 1 aliphatic rings. The lowest BCUT2D eigenvalue weighted by atomic mass is 10.0. The summed E-state index contributed by atoms with van der Waals surface area (Å²) in [5.41, 5.74) is 0.955. The van der Waals surface area contributed by atoms with Gasteiger partial charge < -0.3 is 14.7 Å². The fourth-order valence-electron chi connectivity index (χ4n) is 3.17. The van der Waals surface area contributed by atoms with Gasteiger partial charge in [0.15, 0.2) is 0 Å². The Labute approximate surface area is 152 Å². The second-order valence-electron chi connectivity index (χ2n) is 6.61. The minimum absolute atomic E-state index is 0.0435. The number of carbonyl (C=O) groups is 1. The number of amides is 1. The molecule has 3 heterocycles. The molecule has 136 valence electrons. The minimum Gasteiger partial charge on any atom is -0.356 e. The third kappa shape index (κ3) is 5.37. The van der Waals surface area contributed by atoms with E-state index < -0.39 is 0 Å². The van der Waals surface area contributed by atoms with Crippen molar-refractivity contribution in [1.82, 2.24) is 20.4 Å². The first-order chi connectivity index (χ1) is 12.2. The standard InChI is InChI=1S/C18H26N4O2S/c1-14-5-2-3-10-22(14)11-4-9-19-16(23)6-7-17-20-18(21-24-17)15-8-12-25-13-15/h8,12-14H,2-7,9-11H2,1H3,(H,19,23). The molecule has 0 radical (unpaired) electrons. The summed E-state index contributed by atoms with van der Waals surface area (Å²) in [6, 6.07) is 2.63. The van der Waals surface area contributed by atoms with Gasteiger partial charge in [0.1, 0.15) is 0 Å². The molecule has 25 heavy (non-hydrogen) atoms. The Hall–Kier alpha value is -1.73. The third-order valence-corrected chi connectivity index (χ3v) is 5.38. The Bertz CT molecular complexity index is 656. The largest absolute Gasteiger partial charge is 0.356 e. The smallest absolute Gasteiger partial charge is 0.227 e. The van der Waals surface area contributed by atoms with Crippen LogP contribution < -0.4 is 5.32 Å². The highest BCUT2D eigenvalue weighted by Crippen LogP contribution is 2.19. The molecule has 2 aromatic heterocycles. The molecule has 1 saturated heterocycles. The molecule has 1 fully saturated rings. The van der Waals surface area contributed by atoms with Crippen LogP contribution in [0, 0.1) is 0 Å². The lowest BCUT2D eigenvalue weighted by molar-refractivity contribution is -0.121. The number of carbonyl (C=O) groups excluding carboxylic acids is 1. The Morgan fingerprint density at radius 1 is 1.48 bits per heavy atom. The van der Waals surface area contributed by atoms with Gasteiger partial charge in [0, 0.05) is 42.9 Å². The Morgan fingerprint density at radius 2 is 2.40 bits per heavy atom. The van der Waals surface area contributed by atoms with Crippen LogP contribution in [0.1, 0.15) is 44.9 Å². The van der Waals surface area contributed by atoms with Gasteiger partial charge in [-0.05, 0) is 44.2 Å². The molecule has 2 aromatic rings. The zero-order valence-electron chi connectivity index (χ0n) is 14.7. The number of rotatable bonds is 8. The van der Waals surface area contributed by atoms with E-state index in [-0.39, 0.29) is 5.91 Å². The summed E-state index contributed by atoms with van der Waals surface area (Å²) in [5.74, 6) is 1.15. The molecule has 1 atom stereocenters. The van der Waals surface area contributed by atoms with Gasteiger partial charge in [-0.3, -0.25) is 4.79 Å². The van der Waals surface area contributed by atoms with Crippen molar-refractivity contribution in [1.29, 1.82) is 0 Å². The molecule has 1 amide bonds. The Kier molecular flexibility index (Phi) is 6.58. The number of aryl methyl sites for hydroxylation is 1. The maximum atomic E-state index is 12.0. The zero-order valence-corrected chi connectivity index (χ0v) is 15.6. The molecule has 1 aliphatic heterocycles. The van der Waals surface area contributed by atoms with Gasteiger partial charge in [-0.1, -0.05) is 11.6 Å². The second kappa shape index (κ2) is 9.10. The number of piperidine rings is 1. The van der Waals surface area contributed by atoms with E-state index in [1.54, 1.807) is 11.3 Å². The number of hydrogen-bond donors (Lipinski definition) is 1. The minimum atomic E-state index is 0.0435. The lowest BCUT2D eigenvalue weighted by Gasteiger charge is -2.33. The summed E-state index contributed by atoms with van der Waals surface area (Å²) in [7, 11) is 0. The molecule has 0 bridgehead atoms. The Balaban J connectivity index is 1.32. The van der Waals surface area contributed by atoms with Crippen molar-refractivity contribution in [2.75, 3.05) is 19.6 Å². The highest BCUT2D eigenvalue weighted by molar-refractivity contribution is 7.08. The third-order valence-electron chi connectivity index (χ3n) is 4.70. The van der Waals surface area contributed by atoms with Crippen LogP contribution in [-0.4, -0.2) is 46.6 Å². The van der Waals surface area contributed by atoms with E-state index in [4.69, 9.17) is 4.52 Å². The van der Waals surface area contributed by atoms with Crippen LogP contribution in [0.15, 0.2) is 21.3 Å². The first-order valence-electron chi connectivity index (χ1n) is 9.08. The number of thiophene rings is 1. The van der Waals surface area contributed by atoms with E-state index in [0.717, 1.165) is 25.1 Å². The second-order valence-corrected chi connectivity index (χ2v) is 7.39. The van der Waals surface area contributed by atoms with Crippen LogP contribution in [0.3, 0.4) is 0 Å². The maximum Gasteiger partial charge on any atom is 0.227 e. The van der Waals surface area contributed by atoms with Crippen molar-refractivity contribution < 1.29 is 9.32 Å². The van der Waals surface area contributed by atoms with Gasteiger partial charge in [0.05, 0.1) is 0 Å². The number of nitrogens with one attached hydrogen (secondary N) is 1. The molecule has 7 heteroatoms. The predicted molar refractivity (Wildman–Crippen MR) is 98.4 cm³/mol. The molecule has 0 aliphatic carbocycles. The van der Waals surface area contributed by atoms with Crippen LogP contribution in [-0.2, 0) is 11.2 Å². The number of hydrogen-bond acceptors (Lipinski definition) is 6. The molecule has 3 rings (SSSR count). The van der Waals surface area contributed by atoms with E-state index in [9.17, 15) is 4.79 Å². The van der Waals surface area contributed by atoms with Crippen LogP contribution in [0.5, 0.6) is 0 Å². The van der Waals surface area contributed by atoms with E-state index in [0.29, 0.717) is 30.6 Å². The van der Waals surface area contributed by atoms with E-state index >= 15 is 0 Å². The lowest BCUT2D eigenvalue weighted by Crippen LogP contribution is -2.39. The van der Waals surface area contributed by atoms with Crippen molar-refractivity contribution >= 4 is 17.2 Å². The summed E-state index contributed by atoms with van der Waals surface area (Å²) in [6.45, 7) is 5.28. The van der Waals surface area contributed by atoms with Gasteiger partial charge in [-0.15, -0.1) is 0 Å². The highest BCUT2D eigenvalue weighted by atomic mass is 32.1. The molecular weight excluding hydrogens is 336 g/mol. The van der Waals surface area contributed by atoms with Crippen molar-refractivity contribution in [3.63, 3.8) is 0 Å². The van der Waals surface area contributed by atoms with Crippen LogP contribution in [0.2, 0.25) is 0 Å². The quantitative estimate of drug-likeness (QED) is 0.731. The number of likely N-dealkylation sites (tertiary alicyclic amines) is 1. The first-order valence-corrected chi connectivity index (χ1v) is 10.0. The van der Waals surface area contributed by atoms with E-state index in [1.165, 1.54) is 25.8 Å². The van der Waals surface area contributed by atoms with Crippen molar-refractivity contribution in [3.05, 3.63) is 22.7 Å². The molecule has 0 aromatic carbocycles. The Morgan fingerprint density at radius 3 is 3.20 bits per heavy atom. The van der Waals surface area contributed by atoms with Gasteiger partial charge >= 0.3 is 0 Å². The van der Waals surface area contributed by atoms with Gasteiger partial charge in [0.25, 0.3) is 0 Å². The molecular formula is C18H26N4O2S. The molecule has 1 N–H and O–H groups in total. The molecule has 6 nitrogen and oxygen atoms in total. The monoisotopic (exact) mass is 362 g/mol.